The molecule has 5 rings (SSSR count). The minimum atomic E-state index is -3.98. The Balaban J connectivity index is 1.51. The van der Waals surface area contributed by atoms with Crippen LogP contribution < -0.4 is 4.90 Å². The molecule has 2 fully saturated rings. The van der Waals surface area contributed by atoms with E-state index in [0.29, 0.717) is 19.6 Å². The Morgan fingerprint density at radius 2 is 1.64 bits per heavy atom. The second-order valence-electron chi connectivity index (χ2n) is 9.86. The summed E-state index contributed by atoms with van der Waals surface area (Å²) in [5.74, 6) is -1.07. The highest BCUT2D eigenvalue weighted by atomic mass is 32.2. The van der Waals surface area contributed by atoms with Gasteiger partial charge in [0.05, 0.1) is 0 Å². The topological polar surface area (TPSA) is 57.7 Å². The lowest BCUT2D eigenvalue weighted by atomic mass is 9.70. The number of carbonyl (C=O) groups is 1. The van der Waals surface area contributed by atoms with E-state index in [-0.39, 0.29) is 16.9 Å². The monoisotopic (exact) mass is 470 g/mol. The van der Waals surface area contributed by atoms with Crippen LogP contribution in [0.4, 0.5) is 10.1 Å². The first-order chi connectivity index (χ1) is 15.8. The fourth-order valence-electron chi connectivity index (χ4n) is 5.85. The van der Waals surface area contributed by atoms with Crippen molar-refractivity contribution in [2.24, 2.45) is 0 Å². The van der Waals surface area contributed by atoms with Crippen LogP contribution in [0.5, 0.6) is 0 Å². The molecule has 1 amide bonds. The zero-order valence-corrected chi connectivity index (χ0v) is 20.0. The van der Waals surface area contributed by atoms with Crippen LogP contribution in [-0.2, 0) is 15.4 Å². The molecule has 2 heterocycles. The molecular weight excluding hydrogens is 439 g/mol. The van der Waals surface area contributed by atoms with Gasteiger partial charge in [0, 0.05) is 36.3 Å². The zero-order chi connectivity index (χ0) is 23.2. The molecule has 0 aromatic heterocycles. The minimum absolute atomic E-state index is 0.0436. The van der Waals surface area contributed by atoms with Gasteiger partial charge in [0.25, 0.3) is 5.91 Å². The molecule has 1 saturated heterocycles. The van der Waals surface area contributed by atoms with Crippen molar-refractivity contribution in [3.8, 4) is 0 Å². The molecule has 0 unspecified atom stereocenters. The highest BCUT2D eigenvalue weighted by Crippen LogP contribution is 2.49. The lowest BCUT2D eigenvalue weighted by Gasteiger charge is -2.34. The molecule has 2 aliphatic heterocycles. The van der Waals surface area contributed by atoms with Crippen LogP contribution in [0.15, 0.2) is 41.3 Å². The number of amides is 1. The minimum Gasteiger partial charge on any atom is -0.307 e. The summed E-state index contributed by atoms with van der Waals surface area (Å²) in [7, 11) is -3.98. The maximum absolute atomic E-state index is 14.7. The van der Waals surface area contributed by atoms with Crippen molar-refractivity contribution >= 4 is 21.6 Å². The molecule has 33 heavy (non-hydrogen) atoms. The molecule has 7 heteroatoms. The number of hydrogen-bond donors (Lipinski definition) is 0. The Morgan fingerprint density at radius 3 is 2.36 bits per heavy atom. The molecule has 2 aromatic carbocycles. The third-order valence-corrected chi connectivity index (χ3v) is 9.56. The van der Waals surface area contributed by atoms with E-state index in [9.17, 15) is 17.6 Å². The number of halogens is 1. The molecule has 0 radical (unpaired) electrons. The van der Waals surface area contributed by atoms with Crippen molar-refractivity contribution in [3.63, 3.8) is 0 Å². The van der Waals surface area contributed by atoms with Crippen LogP contribution in [-0.4, -0.2) is 38.3 Å². The Morgan fingerprint density at radius 1 is 0.939 bits per heavy atom. The predicted octanol–water partition coefficient (Wildman–Crippen LogP) is 5.17. The van der Waals surface area contributed by atoms with Gasteiger partial charge in [-0.2, -0.15) is 4.31 Å². The van der Waals surface area contributed by atoms with Crippen molar-refractivity contribution in [1.82, 2.24) is 4.31 Å². The summed E-state index contributed by atoms with van der Waals surface area (Å²) in [4.78, 5) is 15.1. The Hall–Kier alpha value is -2.25. The van der Waals surface area contributed by atoms with Gasteiger partial charge in [0.2, 0.25) is 10.0 Å². The van der Waals surface area contributed by atoms with E-state index in [1.165, 1.54) is 34.0 Å². The zero-order valence-electron chi connectivity index (χ0n) is 19.1. The lowest BCUT2D eigenvalue weighted by Crippen LogP contribution is -2.38. The summed E-state index contributed by atoms with van der Waals surface area (Å²) in [6.45, 7) is 3.44. The molecule has 0 atom stereocenters. The molecule has 1 aliphatic carbocycles. The van der Waals surface area contributed by atoms with Gasteiger partial charge in [0.15, 0.2) is 0 Å². The van der Waals surface area contributed by atoms with Gasteiger partial charge >= 0.3 is 0 Å². The number of aryl methyl sites for hydroxylation is 1. The van der Waals surface area contributed by atoms with Gasteiger partial charge in [0.1, 0.15) is 10.7 Å². The highest BCUT2D eigenvalue weighted by Gasteiger charge is 2.45. The van der Waals surface area contributed by atoms with Gasteiger partial charge < -0.3 is 4.90 Å². The maximum atomic E-state index is 14.7. The van der Waals surface area contributed by atoms with Gasteiger partial charge in [-0.15, -0.1) is 0 Å². The van der Waals surface area contributed by atoms with E-state index in [4.69, 9.17) is 0 Å². The molecule has 176 valence electrons. The fourth-order valence-corrected chi connectivity index (χ4v) is 7.46. The summed E-state index contributed by atoms with van der Waals surface area (Å²) in [5.41, 5.74) is 3.46. The van der Waals surface area contributed by atoms with Crippen LogP contribution in [0.2, 0.25) is 0 Å². The first-order valence-corrected chi connectivity index (χ1v) is 13.5. The van der Waals surface area contributed by atoms with Crippen LogP contribution in [0.3, 0.4) is 0 Å². The molecule has 0 bridgehead atoms. The molecule has 2 aromatic rings. The van der Waals surface area contributed by atoms with Crippen molar-refractivity contribution in [2.75, 3.05) is 24.5 Å². The van der Waals surface area contributed by atoms with E-state index in [0.717, 1.165) is 56.7 Å². The smallest absolute Gasteiger partial charge is 0.258 e. The Labute approximate surface area is 195 Å². The van der Waals surface area contributed by atoms with Crippen molar-refractivity contribution in [1.29, 1.82) is 0 Å². The molecule has 1 saturated carbocycles. The van der Waals surface area contributed by atoms with Gasteiger partial charge in [-0.05, 0) is 62.4 Å². The molecule has 0 N–H and O–H groups in total. The first kappa shape index (κ1) is 22.5. The van der Waals surface area contributed by atoms with Crippen molar-refractivity contribution in [3.05, 3.63) is 58.9 Å². The number of anilines is 1. The van der Waals surface area contributed by atoms with E-state index >= 15 is 0 Å². The number of fused-ring (bicyclic) bond motifs is 2. The van der Waals surface area contributed by atoms with Gasteiger partial charge in [-0.3, -0.25) is 4.79 Å². The van der Waals surface area contributed by atoms with Gasteiger partial charge in [-0.25, -0.2) is 12.8 Å². The number of hydrogen-bond acceptors (Lipinski definition) is 3. The second kappa shape index (κ2) is 8.51. The summed E-state index contributed by atoms with van der Waals surface area (Å²) in [6, 6.07) is 9.98. The summed E-state index contributed by atoms with van der Waals surface area (Å²) in [6.07, 6.45) is 8.11. The average Bonchev–Trinajstić information content (AvgIpc) is 3.12. The van der Waals surface area contributed by atoms with Crippen LogP contribution >= 0.6 is 0 Å². The number of carbonyl (C=O) groups excluding carboxylic acids is 1. The highest BCUT2D eigenvalue weighted by molar-refractivity contribution is 7.89. The van der Waals surface area contributed by atoms with Crippen LogP contribution in [0, 0.1) is 12.7 Å². The summed E-state index contributed by atoms with van der Waals surface area (Å²) >= 11 is 0. The molecule has 5 nitrogen and oxygen atoms in total. The summed E-state index contributed by atoms with van der Waals surface area (Å²) < 4.78 is 42.3. The maximum Gasteiger partial charge on any atom is 0.258 e. The second-order valence-corrected chi connectivity index (χ2v) is 11.8. The predicted molar refractivity (Wildman–Crippen MR) is 127 cm³/mol. The van der Waals surface area contributed by atoms with E-state index in [2.05, 4.69) is 13.0 Å². The van der Waals surface area contributed by atoms with Gasteiger partial charge in [-0.1, -0.05) is 43.4 Å². The van der Waals surface area contributed by atoms with Crippen molar-refractivity contribution in [2.45, 2.75) is 68.6 Å². The third kappa shape index (κ3) is 3.89. The first-order valence-electron chi connectivity index (χ1n) is 12.0. The van der Waals surface area contributed by atoms with E-state index < -0.39 is 20.7 Å². The number of piperidine rings is 1. The van der Waals surface area contributed by atoms with Crippen molar-refractivity contribution < 1.29 is 17.6 Å². The molecular formula is C26H31FN2O3S. The molecule has 3 aliphatic rings. The number of sulfonamides is 1. The lowest BCUT2D eigenvalue weighted by molar-refractivity contribution is 0.0982. The number of benzene rings is 2. The Kier molecular flexibility index (Phi) is 5.81. The number of nitrogens with zero attached hydrogens (tertiary/aromatic N) is 2. The normalized spacial score (nSPS) is 20.7. The van der Waals surface area contributed by atoms with E-state index in [1.807, 2.05) is 12.1 Å². The third-order valence-electron chi connectivity index (χ3n) is 7.64. The number of rotatable bonds is 3. The largest absolute Gasteiger partial charge is 0.307 e. The van der Waals surface area contributed by atoms with Crippen LogP contribution in [0.1, 0.15) is 72.9 Å². The fraction of sp³-hybridized carbons (Fsp3) is 0.500. The average molecular weight is 471 g/mol. The van der Waals surface area contributed by atoms with E-state index in [1.54, 1.807) is 4.90 Å². The Bertz CT molecular complexity index is 1180. The summed E-state index contributed by atoms with van der Waals surface area (Å²) in [5, 5.41) is 0. The van der Waals surface area contributed by atoms with Crippen LogP contribution in [0.25, 0.3) is 0 Å². The molecule has 1 spiro atoms. The standard InChI is InChI=1S/C26H31FN2O3S/c1-19-8-11-23-21(16-19)26(12-4-2-5-13-26)18-29(23)25(30)20-9-10-22(27)24(17-20)33(31,32)28-14-6-3-7-15-28/h8-11,16-17H,2-7,12-15,18H2,1H3. The SMILES string of the molecule is Cc1ccc2c(c1)C1(CCCCC1)CN2C(=O)c1ccc(F)c(S(=O)(=O)N2CCCCC2)c1. The quantitative estimate of drug-likeness (QED) is 0.622.